The van der Waals surface area contributed by atoms with Crippen LogP contribution < -0.4 is 14.8 Å². The summed E-state index contributed by atoms with van der Waals surface area (Å²) in [5, 5.41) is 6.61. The lowest BCUT2D eigenvalue weighted by Crippen LogP contribution is -2.28. The maximum atomic E-state index is 13.7. The van der Waals surface area contributed by atoms with Crippen LogP contribution in [0.1, 0.15) is 17.9 Å². The molecule has 0 aliphatic carbocycles. The van der Waals surface area contributed by atoms with E-state index in [0.717, 1.165) is 0 Å². The number of nitrogens with one attached hydrogen (secondary N) is 1. The Bertz CT molecular complexity index is 974. The third-order valence-corrected chi connectivity index (χ3v) is 4.20. The highest BCUT2D eigenvalue weighted by Crippen LogP contribution is 2.20. The molecular weight excluding hydrogens is 377 g/mol. The van der Waals surface area contributed by atoms with Crippen LogP contribution in [-0.4, -0.2) is 36.3 Å². The van der Waals surface area contributed by atoms with Crippen molar-refractivity contribution in [3.63, 3.8) is 0 Å². The first kappa shape index (κ1) is 20.3. The second-order valence-electron chi connectivity index (χ2n) is 6.35. The van der Waals surface area contributed by atoms with E-state index in [-0.39, 0.29) is 18.1 Å². The van der Waals surface area contributed by atoms with Gasteiger partial charge in [0.2, 0.25) is 17.6 Å². The Balaban J connectivity index is 1.40. The Labute approximate surface area is 167 Å². The van der Waals surface area contributed by atoms with Gasteiger partial charge in [-0.1, -0.05) is 23.4 Å². The number of carbonyl (C=O) groups excluding carboxylic acids is 1. The fraction of sp³-hybridized carbons (Fsp3) is 0.286. The Kier molecular flexibility index (Phi) is 6.78. The highest BCUT2D eigenvalue weighted by atomic mass is 19.1. The number of benzene rings is 2. The van der Waals surface area contributed by atoms with Crippen molar-refractivity contribution in [3.05, 3.63) is 59.7 Å². The molecule has 0 saturated heterocycles. The number of methoxy groups -OCH3 is 1. The lowest BCUT2D eigenvalue weighted by molar-refractivity contribution is -0.121. The van der Waals surface area contributed by atoms with Gasteiger partial charge in [0.05, 0.1) is 13.7 Å². The quantitative estimate of drug-likeness (QED) is 0.556. The molecule has 1 aromatic heterocycles. The first-order chi connectivity index (χ1) is 14.0. The van der Waals surface area contributed by atoms with Gasteiger partial charge in [-0.15, -0.1) is 0 Å². The van der Waals surface area contributed by atoms with Gasteiger partial charge in [0.1, 0.15) is 23.9 Å². The van der Waals surface area contributed by atoms with Crippen molar-refractivity contribution < 1.29 is 23.2 Å². The third-order valence-electron chi connectivity index (χ3n) is 4.20. The SMILES string of the molecule is COc1cccc(OCCNC(=O)CCc2nc(-c3ccc(C)c(F)c3)no2)c1. The smallest absolute Gasteiger partial charge is 0.227 e. The van der Waals surface area contributed by atoms with Crippen LogP contribution in [0.3, 0.4) is 0 Å². The van der Waals surface area contributed by atoms with Crippen LogP contribution in [0.15, 0.2) is 47.0 Å². The molecule has 0 radical (unpaired) electrons. The molecule has 1 heterocycles. The summed E-state index contributed by atoms with van der Waals surface area (Å²) in [7, 11) is 1.59. The molecule has 1 N–H and O–H groups in total. The minimum absolute atomic E-state index is 0.152. The molecule has 3 rings (SSSR count). The van der Waals surface area contributed by atoms with E-state index in [1.54, 1.807) is 32.2 Å². The van der Waals surface area contributed by atoms with Crippen molar-refractivity contribution in [3.8, 4) is 22.9 Å². The Morgan fingerprint density at radius 2 is 2.03 bits per heavy atom. The van der Waals surface area contributed by atoms with Gasteiger partial charge in [-0.2, -0.15) is 4.98 Å². The third kappa shape index (κ3) is 5.78. The number of hydrogen-bond donors (Lipinski definition) is 1. The number of halogens is 1. The van der Waals surface area contributed by atoms with Gasteiger partial charge >= 0.3 is 0 Å². The Morgan fingerprint density at radius 3 is 2.83 bits per heavy atom. The van der Waals surface area contributed by atoms with Crippen LogP contribution in [0.25, 0.3) is 11.4 Å². The standard InChI is InChI=1S/C21H22FN3O4/c1-14-6-7-15(12-18(14)22)21-24-20(29-25-21)9-8-19(26)23-10-11-28-17-5-3-4-16(13-17)27-2/h3-7,12-13H,8-11H2,1-2H3,(H,23,26). The predicted octanol–water partition coefficient (Wildman–Crippen LogP) is 3.32. The number of hydrogen-bond acceptors (Lipinski definition) is 6. The van der Waals surface area contributed by atoms with Gasteiger partial charge in [-0.05, 0) is 30.7 Å². The van der Waals surface area contributed by atoms with Gasteiger partial charge in [-0.3, -0.25) is 4.79 Å². The van der Waals surface area contributed by atoms with Gasteiger partial charge in [0.25, 0.3) is 0 Å². The maximum absolute atomic E-state index is 13.7. The molecule has 152 valence electrons. The lowest BCUT2D eigenvalue weighted by atomic mass is 10.1. The number of rotatable bonds is 9. The zero-order valence-electron chi connectivity index (χ0n) is 16.3. The predicted molar refractivity (Wildman–Crippen MR) is 104 cm³/mol. The van der Waals surface area contributed by atoms with Crippen molar-refractivity contribution >= 4 is 5.91 Å². The van der Waals surface area contributed by atoms with Gasteiger partial charge in [0, 0.05) is 24.5 Å². The van der Waals surface area contributed by atoms with Crippen molar-refractivity contribution in [1.29, 1.82) is 0 Å². The van der Waals surface area contributed by atoms with E-state index in [1.165, 1.54) is 6.07 Å². The number of ether oxygens (including phenoxy) is 2. The molecule has 0 saturated carbocycles. The topological polar surface area (TPSA) is 86.5 Å². The lowest BCUT2D eigenvalue weighted by Gasteiger charge is -2.08. The van der Waals surface area contributed by atoms with E-state index < -0.39 is 0 Å². The summed E-state index contributed by atoms with van der Waals surface area (Å²) in [5.74, 6) is 1.52. The van der Waals surface area contributed by atoms with E-state index in [1.807, 2.05) is 18.2 Å². The molecule has 0 fully saturated rings. The summed E-state index contributed by atoms with van der Waals surface area (Å²) >= 11 is 0. The largest absolute Gasteiger partial charge is 0.497 e. The maximum Gasteiger partial charge on any atom is 0.227 e. The highest BCUT2D eigenvalue weighted by Gasteiger charge is 2.12. The molecule has 2 aromatic carbocycles. The van der Waals surface area contributed by atoms with E-state index >= 15 is 0 Å². The first-order valence-electron chi connectivity index (χ1n) is 9.18. The summed E-state index contributed by atoms with van der Waals surface area (Å²) in [4.78, 5) is 16.2. The molecule has 0 atom stereocenters. The Hall–Kier alpha value is -3.42. The summed E-state index contributed by atoms with van der Waals surface area (Å²) in [6, 6.07) is 12.0. The molecule has 0 unspecified atom stereocenters. The number of aryl methyl sites for hydroxylation is 2. The summed E-state index contributed by atoms with van der Waals surface area (Å²) in [6.45, 7) is 2.39. The zero-order valence-corrected chi connectivity index (χ0v) is 16.3. The van der Waals surface area contributed by atoms with Gasteiger partial charge in [-0.25, -0.2) is 4.39 Å². The molecule has 0 bridgehead atoms. The molecule has 1 amide bonds. The average molecular weight is 399 g/mol. The number of nitrogens with zero attached hydrogens (tertiary/aromatic N) is 2. The van der Waals surface area contributed by atoms with Gasteiger partial charge < -0.3 is 19.3 Å². The molecule has 8 heteroatoms. The highest BCUT2D eigenvalue weighted by molar-refractivity contribution is 5.76. The second kappa shape index (κ2) is 9.68. The van der Waals surface area contributed by atoms with Crippen LogP contribution in [-0.2, 0) is 11.2 Å². The molecule has 0 spiro atoms. The number of amides is 1. The summed E-state index contributed by atoms with van der Waals surface area (Å²) in [5.41, 5.74) is 1.08. The van der Waals surface area contributed by atoms with E-state index in [0.29, 0.717) is 53.9 Å². The van der Waals surface area contributed by atoms with Crippen molar-refractivity contribution in [1.82, 2.24) is 15.5 Å². The van der Waals surface area contributed by atoms with Crippen molar-refractivity contribution in [2.45, 2.75) is 19.8 Å². The number of aromatic nitrogens is 2. The van der Waals surface area contributed by atoms with E-state index in [9.17, 15) is 9.18 Å². The van der Waals surface area contributed by atoms with E-state index in [2.05, 4.69) is 15.5 Å². The fourth-order valence-electron chi connectivity index (χ4n) is 2.56. The minimum atomic E-state index is -0.329. The molecule has 0 aliphatic heterocycles. The van der Waals surface area contributed by atoms with Crippen LogP contribution in [0.5, 0.6) is 11.5 Å². The summed E-state index contributed by atoms with van der Waals surface area (Å²) < 4.78 is 29.5. The van der Waals surface area contributed by atoms with E-state index in [4.69, 9.17) is 14.0 Å². The fourth-order valence-corrected chi connectivity index (χ4v) is 2.56. The molecule has 3 aromatic rings. The van der Waals surface area contributed by atoms with Crippen LogP contribution >= 0.6 is 0 Å². The molecule has 7 nitrogen and oxygen atoms in total. The summed E-state index contributed by atoms with van der Waals surface area (Å²) in [6.07, 6.45) is 0.493. The van der Waals surface area contributed by atoms with Crippen molar-refractivity contribution in [2.24, 2.45) is 0 Å². The van der Waals surface area contributed by atoms with Crippen molar-refractivity contribution in [2.75, 3.05) is 20.3 Å². The average Bonchev–Trinajstić information content (AvgIpc) is 3.21. The van der Waals surface area contributed by atoms with Crippen LogP contribution in [0, 0.1) is 12.7 Å². The molecule has 0 aliphatic rings. The zero-order chi connectivity index (χ0) is 20.6. The molecule has 29 heavy (non-hydrogen) atoms. The first-order valence-corrected chi connectivity index (χ1v) is 9.18. The Morgan fingerprint density at radius 1 is 1.21 bits per heavy atom. The molecular formula is C21H22FN3O4. The number of carbonyl (C=O) groups is 1. The minimum Gasteiger partial charge on any atom is -0.497 e. The van der Waals surface area contributed by atoms with Crippen LogP contribution in [0.2, 0.25) is 0 Å². The van der Waals surface area contributed by atoms with Gasteiger partial charge in [0.15, 0.2) is 0 Å². The van der Waals surface area contributed by atoms with Crippen LogP contribution in [0.4, 0.5) is 4.39 Å². The normalized spacial score (nSPS) is 10.6. The monoisotopic (exact) mass is 399 g/mol. The second-order valence-corrected chi connectivity index (χ2v) is 6.35.